The van der Waals surface area contributed by atoms with Crippen LogP contribution in [0.1, 0.15) is 39.5 Å². The molecule has 0 saturated heterocycles. The van der Waals surface area contributed by atoms with E-state index in [4.69, 9.17) is 9.47 Å². The Morgan fingerprint density at radius 1 is 1.47 bits per heavy atom. The van der Waals surface area contributed by atoms with Gasteiger partial charge in [0.15, 0.2) is 0 Å². The molecule has 0 heterocycles. The van der Waals surface area contributed by atoms with Gasteiger partial charge in [-0.2, -0.15) is 0 Å². The van der Waals surface area contributed by atoms with E-state index in [1.807, 2.05) is 0 Å². The molecule has 1 saturated carbocycles. The van der Waals surface area contributed by atoms with Crippen molar-refractivity contribution >= 4 is 5.97 Å². The molecule has 5 nitrogen and oxygen atoms in total. The summed E-state index contributed by atoms with van der Waals surface area (Å²) in [6.45, 7) is 6.07. The van der Waals surface area contributed by atoms with Crippen molar-refractivity contribution in [2.75, 3.05) is 26.9 Å². The number of ether oxygens (including phenoxy) is 2. The molecule has 2 unspecified atom stereocenters. The third kappa shape index (κ3) is 5.09. The van der Waals surface area contributed by atoms with Crippen LogP contribution in [0.2, 0.25) is 0 Å². The average Bonchev–Trinajstić information content (AvgIpc) is 2.38. The van der Waals surface area contributed by atoms with Gasteiger partial charge in [-0.25, -0.2) is 0 Å². The van der Waals surface area contributed by atoms with E-state index >= 15 is 0 Å². The minimum Gasteiger partial charge on any atom is -0.480 e. The van der Waals surface area contributed by atoms with Gasteiger partial charge in [-0.3, -0.25) is 4.79 Å². The van der Waals surface area contributed by atoms with Crippen molar-refractivity contribution in [3.05, 3.63) is 0 Å². The highest BCUT2D eigenvalue weighted by atomic mass is 16.5. The molecule has 0 aromatic carbocycles. The largest absolute Gasteiger partial charge is 0.480 e. The fraction of sp³-hybridized carbons (Fsp3) is 0.929. The Labute approximate surface area is 115 Å². The lowest BCUT2D eigenvalue weighted by Crippen LogP contribution is -2.54. The van der Waals surface area contributed by atoms with Crippen molar-refractivity contribution < 1.29 is 19.4 Å². The zero-order chi connectivity index (χ0) is 14.3. The molecule has 2 atom stereocenters. The summed E-state index contributed by atoms with van der Waals surface area (Å²) in [6, 6.07) is 0. The van der Waals surface area contributed by atoms with Gasteiger partial charge >= 0.3 is 5.97 Å². The SMILES string of the molecule is CNC1(C(=O)O)CCCC(OCCOCC(C)C)C1. The average molecular weight is 273 g/mol. The number of aliphatic carboxylic acids is 1. The molecule has 2 N–H and O–H groups in total. The van der Waals surface area contributed by atoms with Crippen LogP contribution >= 0.6 is 0 Å². The van der Waals surface area contributed by atoms with Crippen LogP contribution in [0.4, 0.5) is 0 Å². The van der Waals surface area contributed by atoms with Crippen LogP contribution in [-0.2, 0) is 14.3 Å². The first-order chi connectivity index (χ1) is 9.00. The number of nitrogens with one attached hydrogen (secondary N) is 1. The van der Waals surface area contributed by atoms with Crippen molar-refractivity contribution in [2.24, 2.45) is 5.92 Å². The molecule has 0 radical (unpaired) electrons. The molecular formula is C14H27NO4. The van der Waals surface area contributed by atoms with Gasteiger partial charge in [0, 0.05) is 13.0 Å². The number of rotatable bonds is 8. The van der Waals surface area contributed by atoms with Gasteiger partial charge in [0.1, 0.15) is 5.54 Å². The summed E-state index contributed by atoms with van der Waals surface area (Å²) in [5.41, 5.74) is -0.818. The number of hydrogen-bond donors (Lipinski definition) is 2. The first kappa shape index (κ1) is 16.4. The summed E-state index contributed by atoms with van der Waals surface area (Å²) < 4.78 is 11.2. The first-order valence-electron chi connectivity index (χ1n) is 7.12. The molecule has 1 fully saturated rings. The van der Waals surface area contributed by atoms with Crippen molar-refractivity contribution in [1.29, 1.82) is 0 Å². The zero-order valence-electron chi connectivity index (χ0n) is 12.3. The van der Waals surface area contributed by atoms with E-state index in [1.54, 1.807) is 7.05 Å². The van der Waals surface area contributed by atoms with Gasteiger partial charge in [-0.05, 0) is 32.2 Å². The Hall–Kier alpha value is -0.650. The third-order valence-corrected chi connectivity index (χ3v) is 3.63. The molecule has 0 bridgehead atoms. The lowest BCUT2D eigenvalue weighted by Gasteiger charge is -2.37. The van der Waals surface area contributed by atoms with E-state index in [0.29, 0.717) is 32.0 Å². The van der Waals surface area contributed by atoms with Gasteiger partial charge in [0.25, 0.3) is 0 Å². The van der Waals surface area contributed by atoms with E-state index in [0.717, 1.165) is 19.4 Å². The van der Waals surface area contributed by atoms with Crippen LogP contribution < -0.4 is 5.32 Å². The fourth-order valence-corrected chi connectivity index (χ4v) is 2.49. The second kappa shape index (κ2) is 7.82. The monoisotopic (exact) mass is 273 g/mol. The summed E-state index contributed by atoms with van der Waals surface area (Å²) in [5.74, 6) is -0.252. The van der Waals surface area contributed by atoms with E-state index in [9.17, 15) is 9.90 Å². The standard InChI is InChI=1S/C14H27NO4/c1-11(2)10-18-7-8-19-12-5-4-6-14(9-12,15-3)13(16)17/h11-12,15H,4-10H2,1-3H3,(H,16,17). The number of carbonyl (C=O) groups is 1. The number of carboxylic acids is 1. The molecule has 19 heavy (non-hydrogen) atoms. The molecular weight excluding hydrogens is 246 g/mol. The maximum Gasteiger partial charge on any atom is 0.323 e. The van der Waals surface area contributed by atoms with E-state index < -0.39 is 11.5 Å². The summed E-state index contributed by atoms with van der Waals surface area (Å²) in [7, 11) is 1.71. The highest BCUT2D eigenvalue weighted by molar-refractivity contribution is 5.79. The Balaban J connectivity index is 2.29. The highest BCUT2D eigenvalue weighted by Crippen LogP contribution is 2.30. The van der Waals surface area contributed by atoms with Crippen molar-refractivity contribution in [2.45, 2.75) is 51.2 Å². The predicted octanol–water partition coefficient (Wildman–Crippen LogP) is 1.66. The van der Waals surface area contributed by atoms with Gasteiger partial charge in [0.2, 0.25) is 0 Å². The maximum atomic E-state index is 11.4. The quantitative estimate of drug-likeness (QED) is 0.658. The molecule has 0 aliphatic heterocycles. The van der Waals surface area contributed by atoms with Crippen molar-refractivity contribution in [3.63, 3.8) is 0 Å². The second-order valence-corrected chi connectivity index (χ2v) is 5.70. The molecule has 0 spiro atoms. The Bertz CT molecular complexity index is 283. The predicted molar refractivity (Wildman–Crippen MR) is 73.3 cm³/mol. The molecule has 1 rings (SSSR count). The summed E-state index contributed by atoms with van der Waals surface area (Å²) >= 11 is 0. The van der Waals surface area contributed by atoms with E-state index in [-0.39, 0.29) is 6.10 Å². The van der Waals surface area contributed by atoms with Crippen LogP contribution in [0.5, 0.6) is 0 Å². The molecule has 5 heteroatoms. The molecule has 112 valence electrons. The van der Waals surface area contributed by atoms with Gasteiger partial charge in [-0.15, -0.1) is 0 Å². The van der Waals surface area contributed by atoms with Crippen LogP contribution in [0.15, 0.2) is 0 Å². The maximum absolute atomic E-state index is 11.4. The van der Waals surface area contributed by atoms with Crippen molar-refractivity contribution in [3.8, 4) is 0 Å². The number of carboxylic acid groups (broad SMARTS) is 1. The third-order valence-electron chi connectivity index (χ3n) is 3.63. The summed E-state index contributed by atoms with van der Waals surface area (Å²) in [5, 5.41) is 12.3. The molecule has 1 aliphatic rings. The second-order valence-electron chi connectivity index (χ2n) is 5.70. The molecule has 0 aromatic heterocycles. The van der Waals surface area contributed by atoms with Crippen LogP contribution in [0.25, 0.3) is 0 Å². The van der Waals surface area contributed by atoms with Crippen molar-refractivity contribution in [1.82, 2.24) is 5.32 Å². The van der Waals surface area contributed by atoms with Gasteiger partial charge in [-0.1, -0.05) is 13.8 Å². The molecule has 0 aromatic rings. The smallest absolute Gasteiger partial charge is 0.323 e. The van der Waals surface area contributed by atoms with Crippen LogP contribution in [-0.4, -0.2) is 49.6 Å². The lowest BCUT2D eigenvalue weighted by molar-refractivity contribution is -0.149. The summed E-state index contributed by atoms with van der Waals surface area (Å²) in [4.78, 5) is 11.4. The van der Waals surface area contributed by atoms with E-state index in [1.165, 1.54) is 0 Å². The fourth-order valence-electron chi connectivity index (χ4n) is 2.49. The summed E-state index contributed by atoms with van der Waals surface area (Å²) in [6.07, 6.45) is 3.02. The Morgan fingerprint density at radius 2 is 2.21 bits per heavy atom. The van der Waals surface area contributed by atoms with Crippen LogP contribution in [0.3, 0.4) is 0 Å². The normalized spacial score (nSPS) is 27.7. The Kier molecular flexibility index (Phi) is 6.75. The minimum atomic E-state index is -0.818. The Morgan fingerprint density at radius 3 is 2.79 bits per heavy atom. The number of likely N-dealkylation sites (N-methyl/N-ethyl adjacent to an activating group) is 1. The topological polar surface area (TPSA) is 67.8 Å². The molecule has 0 amide bonds. The van der Waals surface area contributed by atoms with Gasteiger partial charge < -0.3 is 19.9 Å². The van der Waals surface area contributed by atoms with E-state index in [2.05, 4.69) is 19.2 Å². The zero-order valence-corrected chi connectivity index (χ0v) is 12.3. The first-order valence-corrected chi connectivity index (χ1v) is 7.12. The number of hydrogen-bond acceptors (Lipinski definition) is 4. The lowest BCUT2D eigenvalue weighted by atomic mass is 9.80. The highest BCUT2D eigenvalue weighted by Gasteiger charge is 2.41. The minimum absolute atomic E-state index is 0.0138. The molecule has 1 aliphatic carbocycles. The van der Waals surface area contributed by atoms with Crippen LogP contribution in [0, 0.1) is 5.92 Å². The van der Waals surface area contributed by atoms with Gasteiger partial charge in [0.05, 0.1) is 19.3 Å².